The summed E-state index contributed by atoms with van der Waals surface area (Å²) < 4.78 is 39.6. The van der Waals surface area contributed by atoms with Crippen molar-refractivity contribution in [3.05, 3.63) is 24.0 Å². The topological polar surface area (TPSA) is 59.8 Å². The number of aliphatic hydroxyl groups excluding tert-OH is 2. The van der Waals surface area contributed by atoms with Crippen LogP contribution in [0.1, 0.15) is 24.8 Å². The van der Waals surface area contributed by atoms with Crippen LogP contribution in [0.3, 0.4) is 0 Å². The van der Waals surface area contributed by atoms with E-state index in [1.54, 1.807) is 4.90 Å². The number of likely N-dealkylation sites (tertiary alicyclic amines) is 1. The van der Waals surface area contributed by atoms with Crippen LogP contribution in [0.4, 0.5) is 18.9 Å². The van der Waals surface area contributed by atoms with Crippen molar-refractivity contribution in [2.75, 3.05) is 37.7 Å². The van der Waals surface area contributed by atoms with Gasteiger partial charge in [-0.2, -0.15) is 13.2 Å². The molecule has 3 atom stereocenters. The van der Waals surface area contributed by atoms with Gasteiger partial charge in [-0.05, 0) is 31.2 Å². The third-order valence-corrected chi connectivity index (χ3v) is 5.23. The van der Waals surface area contributed by atoms with Gasteiger partial charge < -0.3 is 15.1 Å². The SMILES string of the molecule is OC[C@H]1CC[C@@H](O)CN1C[C@H]1CCN(c2cnccc2C(F)(F)F)C1. The van der Waals surface area contributed by atoms with Gasteiger partial charge in [0.25, 0.3) is 0 Å². The predicted molar refractivity (Wildman–Crippen MR) is 87.2 cm³/mol. The third-order valence-electron chi connectivity index (χ3n) is 5.23. The first-order valence-electron chi connectivity index (χ1n) is 8.67. The van der Waals surface area contributed by atoms with Gasteiger partial charge in [0, 0.05) is 38.4 Å². The van der Waals surface area contributed by atoms with Crippen LogP contribution in [0.25, 0.3) is 0 Å². The van der Waals surface area contributed by atoms with Crippen LogP contribution in [0.5, 0.6) is 0 Å². The first-order chi connectivity index (χ1) is 11.9. The summed E-state index contributed by atoms with van der Waals surface area (Å²) in [5, 5.41) is 19.4. The number of aliphatic hydroxyl groups is 2. The number of β-amino-alcohol motifs (C(OH)–C–C–N with tert-alkyl or cyclic N) is 1. The Morgan fingerprint density at radius 1 is 1.20 bits per heavy atom. The fourth-order valence-corrected chi connectivity index (χ4v) is 3.92. The summed E-state index contributed by atoms with van der Waals surface area (Å²) in [5.74, 6) is 0.209. The highest BCUT2D eigenvalue weighted by atomic mass is 19.4. The largest absolute Gasteiger partial charge is 0.418 e. The van der Waals surface area contributed by atoms with Gasteiger partial charge in [-0.25, -0.2) is 0 Å². The molecule has 3 rings (SSSR count). The number of anilines is 1. The Balaban J connectivity index is 1.66. The van der Waals surface area contributed by atoms with E-state index in [0.29, 0.717) is 32.6 Å². The Kier molecular flexibility index (Phi) is 5.50. The maximum absolute atomic E-state index is 13.2. The van der Waals surface area contributed by atoms with E-state index in [1.807, 2.05) is 0 Å². The number of aromatic nitrogens is 1. The fourth-order valence-electron chi connectivity index (χ4n) is 3.92. The number of nitrogens with zero attached hydrogens (tertiary/aromatic N) is 3. The van der Waals surface area contributed by atoms with Gasteiger partial charge in [0.1, 0.15) is 0 Å². The highest BCUT2D eigenvalue weighted by Crippen LogP contribution is 2.37. The van der Waals surface area contributed by atoms with Gasteiger partial charge in [-0.3, -0.25) is 9.88 Å². The molecule has 0 aromatic carbocycles. The molecule has 0 unspecified atom stereocenters. The van der Waals surface area contributed by atoms with Crippen LogP contribution < -0.4 is 4.90 Å². The molecule has 2 saturated heterocycles. The van der Waals surface area contributed by atoms with Crippen LogP contribution in [0.2, 0.25) is 0 Å². The molecule has 2 aliphatic rings. The van der Waals surface area contributed by atoms with Crippen molar-refractivity contribution in [1.29, 1.82) is 0 Å². The lowest BCUT2D eigenvalue weighted by molar-refractivity contribution is -0.137. The summed E-state index contributed by atoms with van der Waals surface area (Å²) in [6.45, 7) is 2.33. The molecule has 0 radical (unpaired) electrons. The van der Waals surface area contributed by atoms with E-state index in [4.69, 9.17) is 0 Å². The van der Waals surface area contributed by atoms with E-state index in [1.165, 1.54) is 12.4 Å². The second kappa shape index (κ2) is 7.47. The summed E-state index contributed by atoms with van der Waals surface area (Å²) in [6, 6.07) is 1.05. The summed E-state index contributed by atoms with van der Waals surface area (Å²) in [7, 11) is 0. The molecule has 1 aromatic heterocycles. The third kappa shape index (κ3) is 4.24. The van der Waals surface area contributed by atoms with E-state index in [-0.39, 0.29) is 24.3 Å². The number of pyridine rings is 1. The van der Waals surface area contributed by atoms with E-state index in [0.717, 1.165) is 18.9 Å². The quantitative estimate of drug-likeness (QED) is 0.858. The molecule has 0 spiro atoms. The minimum atomic E-state index is -4.39. The van der Waals surface area contributed by atoms with Crippen molar-refractivity contribution in [2.45, 2.75) is 37.6 Å². The Bertz CT molecular complexity index is 585. The minimum Gasteiger partial charge on any atom is -0.395 e. The maximum atomic E-state index is 13.2. The van der Waals surface area contributed by atoms with Crippen molar-refractivity contribution >= 4 is 5.69 Å². The molecule has 2 aliphatic heterocycles. The molecule has 2 fully saturated rings. The van der Waals surface area contributed by atoms with Gasteiger partial charge in [0.05, 0.1) is 30.2 Å². The number of hydrogen-bond donors (Lipinski definition) is 2. The molecule has 3 heterocycles. The lowest BCUT2D eigenvalue weighted by atomic mass is 9.98. The normalized spacial score (nSPS) is 28.5. The Hall–Kier alpha value is -1.38. The van der Waals surface area contributed by atoms with Crippen molar-refractivity contribution in [3.63, 3.8) is 0 Å². The zero-order valence-corrected chi connectivity index (χ0v) is 14.0. The standard InChI is InChI=1S/C17H24F3N3O2/c18-17(19,20)15-3-5-21-7-16(15)22-6-4-12(8-22)9-23-10-14(25)2-1-13(23)11-24/h3,5,7,12-14,24-25H,1-2,4,6,8-11H2/t12-,13+,14+/m0/s1. The van der Waals surface area contributed by atoms with E-state index in [2.05, 4.69) is 9.88 Å². The average Bonchev–Trinajstić information content (AvgIpc) is 3.03. The molecule has 1 aromatic rings. The molecule has 2 N–H and O–H groups in total. The number of hydrogen-bond acceptors (Lipinski definition) is 5. The molecule has 140 valence electrons. The Labute approximate surface area is 145 Å². The van der Waals surface area contributed by atoms with Crippen molar-refractivity contribution in [1.82, 2.24) is 9.88 Å². The van der Waals surface area contributed by atoms with Gasteiger partial charge in [-0.1, -0.05) is 0 Å². The van der Waals surface area contributed by atoms with Crippen molar-refractivity contribution in [2.24, 2.45) is 5.92 Å². The molecule has 25 heavy (non-hydrogen) atoms. The second-order valence-corrected chi connectivity index (χ2v) is 7.01. The number of piperidine rings is 1. The van der Waals surface area contributed by atoms with E-state index < -0.39 is 17.8 Å². The molecular weight excluding hydrogens is 335 g/mol. The maximum Gasteiger partial charge on any atom is 0.418 e. The Morgan fingerprint density at radius 3 is 2.72 bits per heavy atom. The van der Waals surface area contributed by atoms with E-state index >= 15 is 0 Å². The first kappa shape index (κ1) is 18.4. The lowest BCUT2D eigenvalue weighted by Crippen LogP contribution is -2.49. The van der Waals surface area contributed by atoms with Crippen molar-refractivity contribution in [3.8, 4) is 0 Å². The minimum absolute atomic E-state index is 0.0292. The molecule has 0 saturated carbocycles. The summed E-state index contributed by atoms with van der Waals surface area (Å²) in [5.41, 5.74) is -0.514. The number of alkyl halides is 3. The molecule has 8 heteroatoms. The molecule has 0 aliphatic carbocycles. The summed E-state index contributed by atoms with van der Waals surface area (Å²) in [6.07, 6.45) is -0.118. The van der Waals surface area contributed by atoms with Crippen molar-refractivity contribution < 1.29 is 23.4 Å². The number of halogens is 3. The van der Waals surface area contributed by atoms with Crippen LogP contribution in [-0.2, 0) is 6.18 Å². The lowest BCUT2D eigenvalue weighted by Gasteiger charge is -2.38. The van der Waals surface area contributed by atoms with Crippen LogP contribution in [-0.4, -0.2) is 65.0 Å². The van der Waals surface area contributed by atoms with Crippen LogP contribution >= 0.6 is 0 Å². The summed E-state index contributed by atoms with van der Waals surface area (Å²) >= 11 is 0. The summed E-state index contributed by atoms with van der Waals surface area (Å²) in [4.78, 5) is 7.69. The predicted octanol–water partition coefficient (Wildman–Crippen LogP) is 1.74. The smallest absolute Gasteiger partial charge is 0.395 e. The zero-order valence-electron chi connectivity index (χ0n) is 14.0. The van der Waals surface area contributed by atoms with Gasteiger partial charge >= 0.3 is 6.18 Å². The molecule has 5 nitrogen and oxygen atoms in total. The highest BCUT2D eigenvalue weighted by molar-refractivity contribution is 5.53. The highest BCUT2D eigenvalue weighted by Gasteiger charge is 2.37. The monoisotopic (exact) mass is 359 g/mol. The van der Waals surface area contributed by atoms with Crippen LogP contribution in [0, 0.1) is 5.92 Å². The Morgan fingerprint density at radius 2 is 2.00 bits per heavy atom. The number of rotatable bonds is 4. The van der Waals surface area contributed by atoms with Gasteiger partial charge in [0.2, 0.25) is 0 Å². The molecule has 0 amide bonds. The molecular formula is C17H24F3N3O2. The average molecular weight is 359 g/mol. The zero-order chi connectivity index (χ0) is 18.0. The van der Waals surface area contributed by atoms with E-state index in [9.17, 15) is 23.4 Å². The second-order valence-electron chi connectivity index (χ2n) is 7.01. The van der Waals surface area contributed by atoms with Gasteiger partial charge in [-0.15, -0.1) is 0 Å². The van der Waals surface area contributed by atoms with Gasteiger partial charge in [0.15, 0.2) is 0 Å². The van der Waals surface area contributed by atoms with Crippen LogP contribution in [0.15, 0.2) is 18.5 Å². The molecule has 0 bridgehead atoms. The fraction of sp³-hybridized carbons (Fsp3) is 0.706. The first-order valence-corrected chi connectivity index (χ1v) is 8.67.